The minimum atomic E-state index is -0.129. The molecule has 0 aromatic rings. The molecule has 0 N–H and O–H groups in total. The zero-order chi connectivity index (χ0) is 22.6. The quantitative estimate of drug-likeness (QED) is 0.387. The van der Waals surface area contributed by atoms with Crippen LogP contribution in [-0.2, 0) is 4.79 Å². The van der Waals surface area contributed by atoms with Crippen LogP contribution >= 0.6 is 0 Å². The van der Waals surface area contributed by atoms with Crippen molar-refractivity contribution in [3.05, 3.63) is 12.2 Å². The molecule has 5 aliphatic rings. The average Bonchev–Trinajstić information content (AvgIpc) is 3.03. The second-order valence-electron chi connectivity index (χ2n) is 14.4. The van der Waals surface area contributed by atoms with Crippen molar-refractivity contribution in [1.29, 1.82) is 0 Å². The second kappa shape index (κ2) is 6.50. The summed E-state index contributed by atoms with van der Waals surface area (Å²) in [5.41, 5.74) is 3.03. The molecule has 5 rings (SSSR count). The van der Waals surface area contributed by atoms with Crippen LogP contribution in [-0.4, -0.2) is 5.78 Å². The molecule has 1 heteroatoms. The molecule has 0 spiro atoms. The van der Waals surface area contributed by atoms with Crippen LogP contribution in [0.1, 0.15) is 113 Å². The Morgan fingerprint density at radius 1 is 0.742 bits per heavy atom. The van der Waals surface area contributed by atoms with Gasteiger partial charge >= 0.3 is 0 Å². The van der Waals surface area contributed by atoms with E-state index in [1.54, 1.807) is 0 Å². The molecule has 5 fully saturated rings. The molecule has 0 amide bonds. The molecule has 1 nitrogen and oxygen atoms in total. The van der Waals surface area contributed by atoms with Gasteiger partial charge in [0, 0.05) is 11.8 Å². The minimum absolute atomic E-state index is 0.129. The Bertz CT molecular complexity index is 807. The van der Waals surface area contributed by atoms with Crippen LogP contribution in [0.2, 0.25) is 0 Å². The van der Waals surface area contributed by atoms with Gasteiger partial charge in [0.15, 0.2) is 0 Å². The summed E-state index contributed by atoms with van der Waals surface area (Å²) in [7, 11) is 0. The molecule has 0 aliphatic heterocycles. The van der Waals surface area contributed by atoms with Crippen molar-refractivity contribution in [3.8, 4) is 0 Å². The monoisotopic (exact) mass is 424 g/mol. The van der Waals surface area contributed by atoms with Gasteiger partial charge in [0.25, 0.3) is 0 Å². The predicted octanol–water partition coefficient (Wildman–Crippen LogP) is 8.23. The Balaban J connectivity index is 1.53. The Kier molecular flexibility index (Phi) is 4.66. The van der Waals surface area contributed by atoms with E-state index in [0.717, 1.165) is 36.5 Å². The van der Waals surface area contributed by atoms with Crippen molar-refractivity contribution in [2.24, 2.45) is 56.7 Å². The first-order valence-corrected chi connectivity index (χ1v) is 13.5. The number of hydrogen-bond donors (Lipinski definition) is 0. The van der Waals surface area contributed by atoms with Gasteiger partial charge in [0.05, 0.1) is 0 Å². The van der Waals surface area contributed by atoms with E-state index in [9.17, 15) is 4.79 Å². The molecule has 0 aromatic carbocycles. The maximum Gasteiger partial charge on any atom is 0.138 e. The molecular formula is C30H48O. The lowest BCUT2D eigenvalue weighted by Crippen LogP contribution is -2.66. The summed E-state index contributed by atoms with van der Waals surface area (Å²) in [5, 5.41) is 0. The van der Waals surface area contributed by atoms with Crippen LogP contribution in [0.3, 0.4) is 0 Å². The van der Waals surface area contributed by atoms with Gasteiger partial charge in [-0.2, -0.15) is 0 Å². The van der Waals surface area contributed by atoms with Crippen molar-refractivity contribution in [2.45, 2.75) is 113 Å². The standard InChI is InChI=1S/C30H48O/c1-19(2)20-11-15-27(5)21(20)12-17-29(7)23(27)9-10-24-28(6)16-14-25(31)26(3,4)22(28)13-18-30(24,29)8/h20-24H,1,9-18H2,2-8H3/t20-,21+,22+,23-,24-,27+,28+,29-,30-/m1/s1. The molecule has 174 valence electrons. The predicted molar refractivity (Wildman–Crippen MR) is 130 cm³/mol. The highest BCUT2D eigenvalue weighted by Gasteiger charge is 2.70. The van der Waals surface area contributed by atoms with E-state index >= 15 is 0 Å². The van der Waals surface area contributed by atoms with Crippen LogP contribution in [0.5, 0.6) is 0 Å². The molecule has 31 heavy (non-hydrogen) atoms. The summed E-state index contributed by atoms with van der Waals surface area (Å²) in [6, 6.07) is 0. The van der Waals surface area contributed by atoms with E-state index in [2.05, 4.69) is 55.0 Å². The number of carbonyl (C=O) groups is 1. The number of ketones is 1. The maximum atomic E-state index is 12.9. The molecule has 0 bridgehead atoms. The zero-order valence-corrected chi connectivity index (χ0v) is 21.6. The van der Waals surface area contributed by atoms with Crippen molar-refractivity contribution < 1.29 is 4.79 Å². The molecule has 5 aliphatic carbocycles. The van der Waals surface area contributed by atoms with Gasteiger partial charge in [-0.1, -0.05) is 53.7 Å². The molecule has 0 unspecified atom stereocenters. The van der Waals surface area contributed by atoms with Crippen LogP contribution in [0.15, 0.2) is 12.2 Å². The van der Waals surface area contributed by atoms with Crippen LogP contribution in [0, 0.1) is 56.7 Å². The molecule has 5 saturated carbocycles. The molecule has 0 saturated heterocycles. The largest absolute Gasteiger partial charge is 0.299 e. The summed E-state index contributed by atoms with van der Waals surface area (Å²) in [6.45, 7) is 22.0. The fourth-order valence-corrected chi connectivity index (χ4v) is 11.6. The molecule has 9 atom stereocenters. The van der Waals surface area contributed by atoms with E-state index in [1.165, 1.54) is 56.9 Å². The smallest absolute Gasteiger partial charge is 0.138 e. The molecule has 0 aromatic heterocycles. The Hall–Kier alpha value is -0.590. The minimum Gasteiger partial charge on any atom is -0.299 e. The van der Waals surface area contributed by atoms with Crippen molar-refractivity contribution in [2.75, 3.05) is 0 Å². The zero-order valence-electron chi connectivity index (χ0n) is 21.6. The van der Waals surface area contributed by atoms with Gasteiger partial charge in [-0.3, -0.25) is 4.79 Å². The van der Waals surface area contributed by atoms with E-state index in [4.69, 9.17) is 0 Å². The summed E-state index contributed by atoms with van der Waals surface area (Å²) < 4.78 is 0. The highest BCUT2D eigenvalue weighted by atomic mass is 16.1. The average molecular weight is 425 g/mol. The second-order valence-corrected chi connectivity index (χ2v) is 14.4. The third kappa shape index (κ3) is 2.53. The molecular weight excluding hydrogens is 376 g/mol. The van der Waals surface area contributed by atoms with E-state index in [1.807, 2.05) is 0 Å². The van der Waals surface area contributed by atoms with Gasteiger partial charge in [-0.15, -0.1) is 0 Å². The number of rotatable bonds is 1. The summed E-state index contributed by atoms with van der Waals surface area (Å²) in [4.78, 5) is 12.9. The number of allylic oxidation sites excluding steroid dienone is 1. The van der Waals surface area contributed by atoms with Gasteiger partial charge in [0.1, 0.15) is 5.78 Å². The lowest BCUT2D eigenvalue weighted by molar-refractivity contribution is -0.237. The normalized spacial score (nSPS) is 55.6. The summed E-state index contributed by atoms with van der Waals surface area (Å²) >= 11 is 0. The van der Waals surface area contributed by atoms with E-state index in [0.29, 0.717) is 33.4 Å². The van der Waals surface area contributed by atoms with Crippen molar-refractivity contribution in [1.82, 2.24) is 0 Å². The van der Waals surface area contributed by atoms with Crippen molar-refractivity contribution in [3.63, 3.8) is 0 Å². The Labute approximate surface area is 192 Å². The highest BCUT2D eigenvalue weighted by Crippen LogP contribution is 2.77. The summed E-state index contributed by atoms with van der Waals surface area (Å²) in [6.07, 6.45) is 13.0. The van der Waals surface area contributed by atoms with Gasteiger partial charge in [-0.05, 0) is 116 Å². The SMILES string of the molecule is C=C(C)[C@H]1CC[C@]2(C)[C@H]3CC[C@@H]4[C@@]5(C)CCC(=O)C(C)(C)[C@@H]5CC[C@@]4(C)[C@]3(C)CC[C@@H]12. The fourth-order valence-electron chi connectivity index (χ4n) is 11.6. The number of Topliss-reactive ketones (excluding diaryl/α,β-unsaturated/α-hetero) is 1. The topological polar surface area (TPSA) is 17.1 Å². The molecule has 0 radical (unpaired) electrons. The van der Waals surface area contributed by atoms with Crippen LogP contribution in [0.4, 0.5) is 0 Å². The highest BCUT2D eigenvalue weighted by molar-refractivity contribution is 5.85. The number of fused-ring (bicyclic) bond motifs is 7. The number of hydrogen-bond acceptors (Lipinski definition) is 1. The van der Waals surface area contributed by atoms with Crippen molar-refractivity contribution >= 4 is 5.78 Å². The number of carbonyl (C=O) groups excluding carboxylic acids is 1. The van der Waals surface area contributed by atoms with Crippen LogP contribution in [0.25, 0.3) is 0 Å². The first-order valence-electron chi connectivity index (χ1n) is 13.5. The van der Waals surface area contributed by atoms with Gasteiger partial charge in [0.2, 0.25) is 0 Å². The Morgan fingerprint density at radius 2 is 1.32 bits per heavy atom. The first kappa shape index (κ1) is 22.2. The Morgan fingerprint density at radius 3 is 1.94 bits per heavy atom. The van der Waals surface area contributed by atoms with Gasteiger partial charge < -0.3 is 0 Å². The van der Waals surface area contributed by atoms with E-state index < -0.39 is 0 Å². The lowest BCUT2D eigenvalue weighted by atomic mass is 9.32. The third-order valence-corrected chi connectivity index (χ3v) is 13.3. The summed E-state index contributed by atoms with van der Waals surface area (Å²) in [5.74, 6) is 4.38. The van der Waals surface area contributed by atoms with Crippen LogP contribution < -0.4 is 0 Å². The third-order valence-electron chi connectivity index (χ3n) is 13.3. The van der Waals surface area contributed by atoms with Gasteiger partial charge in [-0.25, -0.2) is 0 Å². The fraction of sp³-hybridized carbons (Fsp3) is 0.900. The lowest BCUT2D eigenvalue weighted by Gasteiger charge is -2.72. The molecule has 0 heterocycles. The maximum absolute atomic E-state index is 12.9. The first-order chi connectivity index (χ1) is 14.3. The van der Waals surface area contributed by atoms with E-state index in [-0.39, 0.29) is 5.41 Å².